The van der Waals surface area contributed by atoms with Gasteiger partial charge in [0, 0.05) is 56.9 Å². The number of nitrogens with zero attached hydrogens (tertiary/aromatic N) is 5. The van der Waals surface area contributed by atoms with Gasteiger partial charge in [-0.3, -0.25) is 4.79 Å². The third-order valence-electron chi connectivity index (χ3n) is 6.96. The Balaban J connectivity index is 1.34. The van der Waals surface area contributed by atoms with Gasteiger partial charge in [-0.2, -0.15) is 0 Å². The molecule has 0 spiro atoms. The van der Waals surface area contributed by atoms with E-state index in [2.05, 4.69) is 37.4 Å². The van der Waals surface area contributed by atoms with Crippen LogP contribution in [-0.4, -0.2) is 58.6 Å². The van der Waals surface area contributed by atoms with E-state index >= 15 is 4.39 Å². The topological polar surface area (TPSA) is 78.3 Å². The molecule has 0 saturated carbocycles. The monoisotopic (exact) mass is 471 g/mol. The minimum Gasteiger partial charge on any atom is -0.368 e. The number of piperazine rings is 1. The molecule has 8 nitrogen and oxygen atoms in total. The van der Waals surface area contributed by atoms with E-state index in [1.807, 2.05) is 54.3 Å². The van der Waals surface area contributed by atoms with Gasteiger partial charge in [-0.15, -0.1) is 0 Å². The van der Waals surface area contributed by atoms with E-state index in [1.165, 1.54) is 6.20 Å². The zero-order valence-corrected chi connectivity index (χ0v) is 19.7. The number of hydrogen-bond acceptors (Lipinski definition) is 6. The lowest BCUT2D eigenvalue weighted by Crippen LogP contribution is -2.44. The van der Waals surface area contributed by atoms with Crippen molar-refractivity contribution >= 4 is 34.1 Å². The Labute approximate surface area is 202 Å². The third kappa shape index (κ3) is 3.68. The maximum atomic E-state index is 15.0. The van der Waals surface area contributed by atoms with E-state index in [0.717, 1.165) is 42.8 Å². The molecule has 1 saturated heterocycles. The van der Waals surface area contributed by atoms with Gasteiger partial charge in [-0.05, 0) is 42.4 Å². The average molecular weight is 472 g/mol. The molecule has 1 amide bonds. The molecule has 0 radical (unpaired) electrons. The van der Waals surface area contributed by atoms with Crippen molar-refractivity contribution in [3.05, 3.63) is 65.9 Å². The summed E-state index contributed by atoms with van der Waals surface area (Å²) in [6, 6.07) is 9.52. The highest BCUT2D eigenvalue weighted by Crippen LogP contribution is 2.39. The van der Waals surface area contributed by atoms with Gasteiger partial charge in [0.05, 0.1) is 29.3 Å². The summed E-state index contributed by atoms with van der Waals surface area (Å²) in [6.45, 7) is 4.34. The summed E-state index contributed by atoms with van der Waals surface area (Å²) in [5, 5.41) is 6.91. The number of pyridine rings is 2. The number of carbonyl (C=O) groups is 1. The first kappa shape index (κ1) is 21.5. The van der Waals surface area contributed by atoms with Gasteiger partial charge in [0.15, 0.2) is 0 Å². The molecule has 4 aromatic rings. The highest BCUT2D eigenvalue weighted by atomic mass is 19.1. The van der Waals surface area contributed by atoms with E-state index in [1.54, 1.807) is 0 Å². The van der Waals surface area contributed by atoms with Crippen molar-refractivity contribution in [2.75, 3.05) is 43.4 Å². The van der Waals surface area contributed by atoms with Crippen molar-refractivity contribution in [1.82, 2.24) is 24.8 Å². The largest absolute Gasteiger partial charge is 0.368 e. The Hall–Kier alpha value is -3.98. The van der Waals surface area contributed by atoms with Crippen LogP contribution in [0.4, 0.5) is 21.6 Å². The fourth-order valence-electron chi connectivity index (χ4n) is 5.00. The van der Waals surface area contributed by atoms with Crippen LogP contribution in [0.15, 0.2) is 48.9 Å². The maximum Gasteiger partial charge on any atom is 0.254 e. The fourth-order valence-corrected chi connectivity index (χ4v) is 5.00. The van der Waals surface area contributed by atoms with E-state index in [9.17, 15) is 4.79 Å². The minimum absolute atomic E-state index is 0.183. The SMILES string of the molecule is CN1CCN(c2ccc(Nc3ccc(-c4c(F)cnc5c4ccn5C)c4c3C(=O)NC4)nc2)CC1. The Bertz CT molecular complexity index is 1440. The van der Waals surface area contributed by atoms with Gasteiger partial charge in [0.1, 0.15) is 17.3 Å². The number of aryl methyl sites for hydroxylation is 1. The third-order valence-corrected chi connectivity index (χ3v) is 6.96. The smallest absolute Gasteiger partial charge is 0.254 e. The fraction of sp³-hybridized carbons (Fsp3) is 0.269. The Kier molecular flexibility index (Phi) is 5.14. The Morgan fingerprint density at radius 1 is 0.971 bits per heavy atom. The van der Waals surface area contributed by atoms with Crippen LogP contribution in [0.1, 0.15) is 15.9 Å². The number of nitrogens with one attached hydrogen (secondary N) is 2. The number of fused-ring (bicyclic) bond motifs is 2. The summed E-state index contributed by atoms with van der Waals surface area (Å²) in [5.41, 5.74) is 4.87. The lowest BCUT2D eigenvalue weighted by atomic mass is 9.94. The average Bonchev–Trinajstić information content (AvgIpc) is 3.44. The van der Waals surface area contributed by atoms with E-state index in [0.29, 0.717) is 40.4 Å². The van der Waals surface area contributed by atoms with Crippen LogP contribution in [0.3, 0.4) is 0 Å². The van der Waals surface area contributed by atoms with Crippen LogP contribution < -0.4 is 15.5 Å². The van der Waals surface area contributed by atoms with E-state index in [4.69, 9.17) is 0 Å². The molecule has 0 unspecified atom stereocenters. The van der Waals surface area contributed by atoms with Crippen molar-refractivity contribution in [2.24, 2.45) is 7.05 Å². The second-order valence-corrected chi connectivity index (χ2v) is 9.16. The second-order valence-electron chi connectivity index (χ2n) is 9.16. The van der Waals surface area contributed by atoms with Gasteiger partial charge in [0.25, 0.3) is 5.91 Å². The lowest BCUT2D eigenvalue weighted by molar-refractivity contribution is 0.0966. The number of anilines is 3. The molecule has 1 aromatic carbocycles. The summed E-state index contributed by atoms with van der Waals surface area (Å²) < 4.78 is 16.9. The summed E-state index contributed by atoms with van der Waals surface area (Å²) in [7, 11) is 4.01. The van der Waals surface area contributed by atoms with Gasteiger partial charge in [-0.1, -0.05) is 6.07 Å². The predicted octanol–water partition coefficient (Wildman–Crippen LogP) is 3.51. The number of amides is 1. The van der Waals surface area contributed by atoms with Crippen LogP contribution in [0.25, 0.3) is 22.2 Å². The Morgan fingerprint density at radius 2 is 1.80 bits per heavy atom. The molecule has 0 aliphatic carbocycles. The van der Waals surface area contributed by atoms with Crippen molar-refractivity contribution in [3.63, 3.8) is 0 Å². The second kappa shape index (κ2) is 8.35. The molecule has 178 valence electrons. The molecule has 1 fully saturated rings. The molecule has 0 bridgehead atoms. The zero-order chi connectivity index (χ0) is 24.1. The molecule has 5 heterocycles. The number of aromatic nitrogens is 3. The molecule has 2 aliphatic heterocycles. The number of carbonyl (C=O) groups excluding carboxylic acids is 1. The molecule has 3 aromatic heterocycles. The molecular formula is C26H26FN7O. The van der Waals surface area contributed by atoms with Crippen LogP contribution in [-0.2, 0) is 13.6 Å². The lowest BCUT2D eigenvalue weighted by Gasteiger charge is -2.33. The van der Waals surface area contributed by atoms with Crippen LogP contribution in [0, 0.1) is 5.82 Å². The van der Waals surface area contributed by atoms with E-state index in [-0.39, 0.29) is 5.91 Å². The Morgan fingerprint density at radius 3 is 2.57 bits per heavy atom. The first-order valence-corrected chi connectivity index (χ1v) is 11.7. The molecule has 0 atom stereocenters. The molecule has 2 aliphatic rings. The summed E-state index contributed by atoms with van der Waals surface area (Å²) in [5.74, 6) is 0.0577. The van der Waals surface area contributed by atoms with Crippen LogP contribution in [0.5, 0.6) is 0 Å². The molecular weight excluding hydrogens is 445 g/mol. The first-order chi connectivity index (χ1) is 17.0. The highest BCUT2D eigenvalue weighted by molar-refractivity contribution is 6.07. The van der Waals surface area contributed by atoms with Gasteiger partial charge in [-0.25, -0.2) is 14.4 Å². The van der Waals surface area contributed by atoms with Crippen molar-refractivity contribution in [1.29, 1.82) is 0 Å². The maximum absolute atomic E-state index is 15.0. The quantitative estimate of drug-likeness (QED) is 0.474. The highest BCUT2D eigenvalue weighted by Gasteiger charge is 2.28. The van der Waals surface area contributed by atoms with Crippen molar-refractivity contribution < 1.29 is 9.18 Å². The van der Waals surface area contributed by atoms with Crippen LogP contribution >= 0.6 is 0 Å². The van der Waals surface area contributed by atoms with Crippen molar-refractivity contribution in [3.8, 4) is 11.1 Å². The van der Waals surface area contributed by atoms with Gasteiger partial charge < -0.3 is 25.0 Å². The van der Waals surface area contributed by atoms with Gasteiger partial charge >= 0.3 is 0 Å². The predicted molar refractivity (Wildman–Crippen MR) is 135 cm³/mol. The summed E-state index contributed by atoms with van der Waals surface area (Å²) in [4.78, 5) is 26.3. The number of benzene rings is 1. The number of rotatable bonds is 4. The molecule has 6 rings (SSSR count). The minimum atomic E-state index is -0.410. The zero-order valence-electron chi connectivity index (χ0n) is 19.7. The van der Waals surface area contributed by atoms with Gasteiger partial charge in [0.2, 0.25) is 0 Å². The first-order valence-electron chi connectivity index (χ1n) is 11.7. The number of likely N-dealkylation sites (N-methyl/N-ethyl adjacent to an activating group) is 1. The number of halogens is 1. The van der Waals surface area contributed by atoms with Crippen molar-refractivity contribution in [2.45, 2.75) is 6.54 Å². The normalized spacial score (nSPS) is 16.0. The van der Waals surface area contributed by atoms with Crippen LogP contribution in [0.2, 0.25) is 0 Å². The molecule has 9 heteroatoms. The standard InChI is InChI=1S/C26H26FN7O/c1-32-9-11-34(12-10-32)16-3-6-22(28-13-16)31-21-5-4-17(19-14-30-26(35)24(19)21)23-18-7-8-33(2)25(18)29-15-20(23)27/h3-8,13,15H,9-12,14H2,1-2H3,(H,28,31)(H,30,35). The summed E-state index contributed by atoms with van der Waals surface area (Å²) in [6.07, 6.45) is 4.96. The summed E-state index contributed by atoms with van der Waals surface area (Å²) >= 11 is 0. The number of hydrogen-bond donors (Lipinski definition) is 2. The molecule has 35 heavy (non-hydrogen) atoms. The van der Waals surface area contributed by atoms with E-state index < -0.39 is 5.82 Å². The molecule has 2 N–H and O–H groups in total.